The van der Waals surface area contributed by atoms with Crippen LogP contribution in [0.5, 0.6) is 0 Å². The molecular weight excluding hydrogens is 196 g/mol. The Morgan fingerprint density at radius 3 is 2.50 bits per heavy atom. The van der Waals surface area contributed by atoms with Crippen molar-refractivity contribution >= 4 is 11.6 Å². The van der Waals surface area contributed by atoms with E-state index in [1.54, 1.807) is 0 Å². The predicted molar refractivity (Wildman–Crippen MR) is 61.6 cm³/mol. The van der Waals surface area contributed by atoms with E-state index in [0.29, 0.717) is 12.0 Å². The molecule has 1 aromatic heterocycles. The molecule has 0 radical (unpaired) electrons. The van der Waals surface area contributed by atoms with E-state index >= 15 is 0 Å². The fraction of sp³-hybridized carbons (Fsp3) is 0.636. The quantitative estimate of drug-likeness (QED) is 0.816. The number of nitrogens with zero attached hydrogens (tertiary/aromatic N) is 1. The molecule has 1 rings (SSSR count). The van der Waals surface area contributed by atoms with E-state index in [4.69, 9.17) is 11.6 Å². The van der Waals surface area contributed by atoms with Crippen LogP contribution < -0.4 is 5.32 Å². The van der Waals surface area contributed by atoms with Crippen LogP contribution >= 0.6 is 11.6 Å². The van der Waals surface area contributed by atoms with Gasteiger partial charge in [-0.25, -0.2) is 0 Å². The molecule has 14 heavy (non-hydrogen) atoms. The van der Waals surface area contributed by atoms with Crippen LogP contribution in [0.2, 0.25) is 5.02 Å². The van der Waals surface area contributed by atoms with Gasteiger partial charge in [-0.1, -0.05) is 25.4 Å². The van der Waals surface area contributed by atoms with Crippen LogP contribution in [-0.2, 0) is 13.6 Å². The first-order valence-corrected chi connectivity index (χ1v) is 5.42. The van der Waals surface area contributed by atoms with Gasteiger partial charge >= 0.3 is 0 Å². The third-order valence-electron chi connectivity index (χ3n) is 2.68. The molecule has 1 aromatic rings. The largest absolute Gasteiger partial charge is 0.352 e. The average molecular weight is 215 g/mol. The molecule has 1 atom stereocenters. The highest BCUT2D eigenvalue weighted by Crippen LogP contribution is 2.13. The number of nitrogens with one attached hydrogen (secondary N) is 1. The van der Waals surface area contributed by atoms with Crippen molar-refractivity contribution in [2.24, 2.45) is 13.0 Å². The predicted octanol–water partition coefficient (Wildman–Crippen LogP) is 2.81. The summed E-state index contributed by atoms with van der Waals surface area (Å²) in [5.74, 6) is 0.658. The number of halogens is 1. The smallest absolute Gasteiger partial charge is 0.0585 e. The highest BCUT2D eigenvalue weighted by molar-refractivity contribution is 6.30. The molecule has 0 saturated heterocycles. The summed E-state index contributed by atoms with van der Waals surface area (Å²) in [5.41, 5.74) is 1.22. The monoisotopic (exact) mass is 214 g/mol. The highest BCUT2D eigenvalue weighted by atomic mass is 35.5. The van der Waals surface area contributed by atoms with Crippen LogP contribution in [0.1, 0.15) is 26.5 Å². The second-order valence-corrected chi connectivity index (χ2v) is 4.61. The molecule has 0 aliphatic carbocycles. The van der Waals surface area contributed by atoms with Gasteiger partial charge in [0.25, 0.3) is 0 Å². The first-order valence-electron chi connectivity index (χ1n) is 5.05. The molecule has 0 saturated carbocycles. The van der Waals surface area contributed by atoms with Crippen molar-refractivity contribution in [2.45, 2.75) is 33.4 Å². The molecule has 0 aliphatic heterocycles. The van der Waals surface area contributed by atoms with Gasteiger partial charge in [-0.3, -0.25) is 0 Å². The number of aromatic nitrogens is 1. The van der Waals surface area contributed by atoms with Crippen LogP contribution in [0.3, 0.4) is 0 Å². The molecule has 1 N–H and O–H groups in total. The standard InChI is InChI=1S/C11H19ClN2/c1-8(2)9(3)13-6-11-5-10(12)7-14(11)4/h5,7-9,13H,6H2,1-4H3. The van der Waals surface area contributed by atoms with Gasteiger partial charge in [0.1, 0.15) is 0 Å². The zero-order valence-electron chi connectivity index (χ0n) is 9.34. The number of hydrogen-bond acceptors (Lipinski definition) is 1. The van der Waals surface area contributed by atoms with E-state index in [9.17, 15) is 0 Å². The van der Waals surface area contributed by atoms with Gasteiger partial charge < -0.3 is 9.88 Å². The Morgan fingerprint density at radius 2 is 2.07 bits per heavy atom. The van der Waals surface area contributed by atoms with Gasteiger partial charge in [0.05, 0.1) is 5.02 Å². The summed E-state index contributed by atoms with van der Waals surface area (Å²) in [6.07, 6.45) is 1.93. The summed E-state index contributed by atoms with van der Waals surface area (Å²) in [6.45, 7) is 7.52. The van der Waals surface area contributed by atoms with Crippen molar-refractivity contribution in [3.63, 3.8) is 0 Å². The Labute approximate surface area is 91.3 Å². The summed E-state index contributed by atoms with van der Waals surface area (Å²) in [5, 5.41) is 4.28. The summed E-state index contributed by atoms with van der Waals surface area (Å²) < 4.78 is 2.06. The second kappa shape index (κ2) is 4.85. The fourth-order valence-corrected chi connectivity index (χ4v) is 1.52. The summed E-state index contributed by atoms with van der Waals surface area (Å²) in [6, 6.07) is 2.53. The zero-order chi connectivity index (χ0) is 10.7. The lowest BCUT2D eigenvalue weighted by atomic mass is 10.1. The lowest BCUT2D eigenvalue weighted by Gasteiger charge is -2.17. The molecule has 0 fully saturated rings. The second-order valence-electron chi connectivity index (χ2n) is 4.17. The molecule has 1 heterocycles. The van der Waals surface area contributed by atoms with E-state index in [0.717, 1.165) is 11.6 Å². The maximum Gasteiger partial charge on any atom is 0.0585 e. The van der Waals surface area contributed by atoms with Crippen molar-refractivity contribution in [1.29, 1.82) is 0 Å². The molecule has 0 aromatic carbocycles. The maximum atomic E-state index is 5.89. The fourth-order valence-electron chi connectivity index (χ4n) is 1.24. The van der Waals surface area contributed by atoms with E-state index in [2.05, 4.69) is 30.7 Å². The van der Waals surface area contributed by atoms with Gasteiger partial charge in [-0.2, -0.15) is 0 Å². The molecule has 0 bridgehead atoms. The Hall–Kier alpha value is -0.470. The SMILES string of the molecule is CC(C)C(C)NCc1cc(Cl)cn1C. The van der Waals surface area contributed by atoms with E-state index < -0.39 is 0 Å². The third-order valence-corrected chi connectivity index (χ3v) is 2.89. The van der Waals surface area contributed by atoms with E-state index in [1.165, 1.54) is 5.69 Å². The van der Waals surface area contributed by atoms with Crippen molar-refractivity contribution < 1.29 is 0 Å². The van der Waals surface area contributed by atoms with Crippen molar-refractivity contribution in [1.82, 2.24) is 9.88 Å². The Morgan fingerprint density at radius 1 is 1.43 bits per heavy atom. The van der Waals surface area contributed by atoms with Crippen molar-refractivity contribution in [2.75, 3.05) is 0 Å². The number of rotatable bonds is 4. The lowest BCUT2D eigenvalue weighted by molar-refractivity contribution is 0.421. The lowest BCUT2D eigenvalue weighted by Crippen LogP contribution is -2.30. The molecule has 1 unspecified atom stereocenters. The van der Waals surface area contributed by atoms with Gasteiger partial charge in [0.15, 0.2) is 0 Å². The van der Waals surface area contributed by atoms with Crippen LogP contribution in [-0.4, -0.2) is 10.6 Å². The minimum absolute atomic E-state index is 0.531. The third kappa shape index (κ3) is 3.03. The van der Waals surface area contributed by atoms with Crippen molar-refractivity contribution in [3.05, 3.63) is 23.0 Å². The topological polar surface area (TPSA) is 17.0 Å². The molecular formula is C11H19ClN2. The molecule has 0 aliphatic rings. The Kier molecular flexibility index (Phi) is 4.02. The number of hydrogen-bond donors (Lipinski definition) is 1. The molecule has 0 spiro atoms. The summed E-state index contributed by atoms with van der Waals surface area (Å²) in [4.78, 5) is 0. The van der Waals surface area contributed by atoms with Gasteiger partial charge in [-0.15, -0.1) is 0 Å². The van der Waals surface area contributed by atoms with Crippen molar-refractivity contribution in [3.8, 4) is 0 Å². The van der Waals surface area contributed by atoms with Crippen LogP contribution in [0.4, 0.5) is 0 Å². The summed E-state index contributed by atoms with van der Waals surface area (Å²) >= 11 is 5.89. The van der Waals surface area contributed by atoms with E-state index in [-0.39, 0.29) is 0 Å². The number of aryl methyl sites for hydroxylation is 1. The highest BCUT2D eigenvalue weighted by Gasteiger charge is 2.07. The first kappa shape index (κ1) is 11.6. The molecule has 0 amide bonds. The maximum absolute atomic E-state index is 5.89. The Bertz CT molecular complexity index is 291. The molecule has 80 valence electrons. The van der Waals surface area contributed by atoms with Gasteiger partial charge in [-0.05, 0) is 18.9 Å². The zero-order valence-corrected chi connectivity index (χ0v) is 10.1. The Balaban J connectivity index is 2.49. The average Bonchev–Trinajstić information content (AvgIpc) is 2.40. The molecule has 2 nitrogen and oxygen atoms in total. The summed E-state index contributed by atoms with van der Waals surface area (Å²) in [7, 11) is 2.02. The van der Waals surface area contributed by atoms with Gasteiger partial charge in [0.2, 0.25) is 0 Å². The minimum Gasteiger partial charge on any atom is -0.352 e. The van der Waals surface area contributed by atoms with Crippen LogP contribution in [0, 0.1) is 5.92 Å². The van der Waals surface area contributed by atoms with E-state index in [1.807, 2.05) is 19.3 Å². The normalized spacial score (nSPS) is 13.6. The first-order chi connectivity index (χ1) is 6.50. The van der Waals surface area contributed by atoms with Crippen LogP contribution in [0.15, 0.2) is 12.3 Å². The van der Waals surface area contributed by atoms with Gasteiger partial charge in [0, 0.05) is 31.5 Å². The molecule has 3 heteroatoms. The minimum atomic E-state index is 0.531. The van der Waals surface area contributed by atoms with Crippen LogP contribution in [0.25, 0.3) is 0 Å².